The summed E-state index contributed by atoms with van der Waals surface area (Å²) in [6.45, 7) is 3.96. The van der Waals surface area contributed by atoms with Crippen molar-refractivity contribution >= 4 is 27.3 Å². The standard InChI is InChI=1S/C20H15N5/c1-12-18(13(2)22-11-21-12)20-24-23-19-16-9-4-3-7-14(16)15-8-5-6-10-17(15)25(19)20/h3-11H,1-2H3. The van der Waals surface area contributed by atoms with E-state index in [2.05, 4.69) is 61.0 Å². The van der Waals surface area contributed by atoms with E-state index in [-0.39, 0.29) is 0 Å². The molecule has 3 aromatic heterocycles. The van der Waals surface area contributed by atoms with Gasteiger partial charge >= 0.3 is 0 Å². The summed E-state index contributed by atoms with van der Waals surface area (Å²) in [7, 11) is 0. The Bertz CT molecular complexity index is 1250. The number of pyridine rings is 1. The molecule has 0 saturated carbocycles. The third kappa shape index (κ3) is 1.89. The van der Waals surface area contributed by atoms with Gasteiger partial charge in [0.2, 0.25) is 0 Å². The second-order valence-electron chi connectivity index (χ2n) is 6.16. The van der Waals surface area contributed by atoms with Crippen molar-refractivity contribution in [3.63, 3.8) is 0 Å². The van der Waals surface area contributed by atoms with Gasteiger partial charge in [-0.3, -0.25) is 4.40 Å². The molecular weight excluding hydrogens is 310 g/mol. The quantitative estimate of drug-likeness (QED) is 0.435. The van der Waals surface area contributed by atoms with Gasteiger partial charge in [0, 0.05) is 10.8 Å². The fourth-order valence-corrected chi connectivity index (χ4v) is 3.57. The first kappa shape index (κ1) is 14.0. The molecule has 2 aromatic carbocycles. The molecule has 3 heterocycles. The van der Waals surface area contributed by atoms with E-state index in [0.717, 1.165) is 39.3 Å². The predicted molar refractivity (Wildman–Crippen MR) is 98.5 cm³/mol. The van der Waals surface area contributed by atoms with Crippen molar-refractivity contribution in [1.82, 2.24) is 24.6 Å². The van der Waals surface area contributed by atoms with Crippen LogP contribution in [0.5, 0.6) is 0 Å². The molecule has 5 nitrogen and oxygen atoms in total. The minimum Gasteiger partial charge on any atom is -0.274 e. The van der Waals surface area contributed by atoms with Crippen LogP contribution in [0.2, 0.25) is 0 Å². The molecule has 0 bridgehead atoms. The fraction of sp³-hybridized carbons (Fsp3) is 0.100. The van der Waals surface area contributed by atoms with Crippen LogP contribution in [0.25, 0.3) is 38.7 Å². The number of nitrogens with zero attached hydrogens (tertiary/aromatic N) is 5. The van der Waals surface area contributed by atoms with Crippen molar-refractivity contribution in [3.05, 3.63) is 66.2 Å². The van der Waals surface area contributed by atoms with Gasteiger partial charge in [-0.1, -0.05) is 42.5 Å². The highest BCUT2D eigenvalue weighted by molar-refractivity contribution is 6.12. The van der Waals surface area contributed by atoms with Crippen LogP contribution in [0, 0.1) is 13.8 Å². The average molecular weight is 325 g/mol. The lowest BCUT2D eigenvalue weighted by Crippen LogP contribution is -2.00. The molecule has 5 aromatic rings. The van der Waals surface area contributed by atoms with Crippen molar-refractivity contribution < 1.29 is 0 Å². The molecule has 0 unspecified atom stereocenters. The van der Waals surface area contributed by atoms with Crippen LogP contribution in [-0.4, -0.2) is 24.6 Å². The zero-order valence-corrected chi connectivity index (χ0v) is 13.9. The molecule has 0 aliphatic carbocycles. The van der Waals surface area contributed by atoms with E-state index in [0.29, 0.717) is 0 Å². The van der Waals surface area contributed by atoms with Gasteiger partial charge in [-0.15, -0.1) is 10.2 Å². The van der Waals surface area contributed by atoms with Crippen molar-refractivity contribution in [3.8, 4) is 11.4 Å². The number of aryl methyl sites for hydroxylation is 2. The number of para-hydroxylation sites is 1. The Labute approximate surface area is 144 Å². The van der Waals surface area contributed by atoms with Gasteiger partial charge in [0.1, 0.15) is 6.33 Å². The van der Waals surface area contributed by atoms with Crippen molar-refractivity contribution in [2.75, 3.05) is 0 Å². The summed E-state index contributed by atoms with van der Waals surface area (Å²) in [5, 5.41) is 12.5. The van der Waals surface area contributed by atoms with Crippen molar-refractivity contribution in [1.29, 1.82) is 0 Å². The van der Waals surface area contributed by atoms with E-state index in [1.54, 1.807) is 6.33 Å². The number of rotatable bonds is 1. The molecule has 5 rings (SSSR count). The second-order valence-corrected chi connectivity index (χ2v) is 6.16. The van der Waals surface area contributed by atoms with Gasteiger partial charge < -0.3 is 0 Å². The van der Waals surface area contributed by atoms with Crippen LogP contribution in [0.3, 0.4) is 0 Å². The van der Waals surface area contributed by atoms with E-state index < -0.39 is 0 Å². The number of benzene rings is 2. The molecule has 0 atom stereocenters. The number of aromatic nitrogens is 5. The van der Waals surface area contributed by atoms with Crippen LogP contribution in [-0.2, 0) is 0 Å². The van der Waals surface area contributed by atoms with Crippen LogP contribution < -0.4 is 0 Å². The monoisotopic (exact) mass is 325 g/mol. The molecule has 0 spiro atoms. The maximum Gasteiger partial charge on any atom is 0.172 e. The Hall–Kier alpha value is -3.34. The highest BCUT2D eigenvalue weighted by atomic mass is 15.3. The van der Waals surface area contributed by atoms with E-state index in [4.69, 9.17) is 0 Å². The summed E-state index contributed by atoms with van der Waals surface area (Å²) in [5.74, 6) is 0.785. The number of hydrogen-bond acceptors (Lipinski definition) is 4. The molecule has 0 fully saturated rings. The second kappa shape index (κ2) is 5.08. The summed E-state index contributed by atoms with van der Waals surface area (Å²) >= 11 is 0. The largest absolute Gasteiger partial charge is 0.274 e. The third-order valence-corrected chi connectivity index (χ3v) is 4.72. The van der Waals surface area contributed by atoms with Gasteiger partial charge in [-0.2, -0.15) is 0 Å². The Morgan fingerprint density at radius 2 is 1.36 bits per heavy atom. The van der Waals surface area contributed by atoms with Gasteiger partial charge in [0.25, 0.3) is 0 Å². The molecule has 0 saturated heterocycles. The van der Waals surface area contributed by atoms with Crippen molar-refractivity contribution in [2.24, 2.45) is 0 Å². The van der Waals surface area contributed by atoms with Crippen LogP contribution in [0.15, 0.2) is 54.9 Å². The van der Waals surface area contributed by atoms with E-state index in [1.807, 2.05) is 26.0 Å². The van der Waals surface area contributed by atoms with E-state index >= 15 is 0 Å². The Morgan fingerprint density at radius 3 is 2.12 bits per heavy atom. The lowest BCUT2D eigenvalue weighted by atomic mass is 10.1. The van der Waals surface area contributed by atoms with Crippen LogP contribution in [0.4, 0.5) is 0 Å². The zero-order chi connectivity index (χ0) is 17.0. The molecule has 0 N–H and O–H groups in total. The SMILES string of the molecule is Cc1ncnc(C)c1-c1nnc2c3ccccc3c3ccccc3n12. The van der Waals surface area contributed by atoms with Gasteiger partial charge in [0.05, 0.1) is 22.5 Å². The molecule has 25 heavy (non-hydrogen) atoms. The molecule has 0 aliphatic heterocycles. The molecule has 5 heteroatoms. The molecule has 0 aliphatic rings. The molecule has 0 radical (unpaired) electrons. The third-order valence-electron chi connectivity index (χ3n) is 4.72. The van der Waals surface area contributed by atoms with Crippen LogP contribution >= 0.6 is 0 Å². The average Bonchev–Trinajstić information content (AvgIpc) is 3.07. The van der Waals surface area contributed by atoms with Gasteiger partial charge in [-0.25, -0.2) is 9.97 Å². The first-order valence-corrected chi connectivity index (χ1v) is 8.19. The lowest BCUT2D eigenvalue weighted by molar-refractivity contribution is 1.03. The molecule has 120 valence electrons. The summed E-state index contributed by atoms with van der Waals surface area (Å²) in [5.41, 5.74) is 4.68. The maximum absolute atomic E-state index is 4.52. The normalized spacial score (nSPS) is 11.6. The highest BCUT2D eigenvalue weighted by Crippen LogP contribution is 2.32. The minimum absolute atomic E-state index is 0.785. The molecule has 0 amide bonds. The first-order chi connectivity index (χ1) is 12.3. The summed E-state index contributed by atoms with van der Waals surface area (Å²) in [4.78, 5) is 8.71. The Kier molecular flexibility index (Phi) is 2.85. The predicted octanol–water partition coefficient (Wildman–Crippen LogP) is 4.11. The number of hydrogen-bond donors (Lipinski definition) is 0. The van der Waals surface area contributed by atoms with E-state index in [1.165, 1.54) is 10.8 Å². The van der Waals surface area contributed by atoms with Gasteiger partial charge in [-0.05, 0) is 25.3 Å². The maximum atomic E-state index is 4.52. The van der Waals surface area contributed by atoms with Gasteiger partial charge in [0.15, 0.2) is 11.5 Å². The van der Waals surface area contributed by atoms with Crippen molar-refractivity contribution in [2.45, 2.75) is 13.8 Å². The Morgan fingerprint density at radius 1 is 0.720 bits per heavy atom. The van der Waals surface area contributed by atoms with Crippen LogP contribution in [0.1, 0.15) is 11.4 Å². The number of fused-ring (bicyclic) bond motifs is 6. The zero-order valence-electron chi connectivity index (χ0n) is 13.9. The lowest BCUT2D eigenvalue weighted by Gasteiger charge is -2.11. The molecular formula is C20H15N5. The summed E-state index contributed by atoms with van der Waals surface area (Å²) < 4.78 is 2.12. The summed E-state index contributed by atoms with van der Waals surface area (Å²) in [6, 6.07) is 16.7. The van der Waals surface area contributed by atoms with E-state index in [9.17, 15) is 0 Å². The minimum atomic E-state index is 0.785. The highest BCUT2D eigenvalue weighted by Gasteiger charge is 2.18. The summed E-state index contributed by atoms with van der Waals surface area (Å²) in [6.07, 6.45) is 1.59. The topological polar surface area (TPSA) is 56.0 Å². The first-order valence-electron chi connectivity index (χ1n) is 8.19. The smallest absolute Gasteiger partial charge is 0.172 e. The fourth-order valence-electron chi connectivity index (χ4n) is 3.57. The Balaban J connectivity index is 2.05.